The molecule has 0 aromatic heterocycles. The van der Waals surface area contributed by atoms with E-state index in [-0.39, 0.29) is 34.8 Å². The molecule has 3 atom stereocenters. The number of halogens is 2. The molecular formula is C29H31Cl2N3O7. The smallest absolute Gasteiger partial charge is 0.255 e. The molecule has 41 heavy (non-hydrogen) atoms. The van der Waals surface area contributed by atoms with Crippen molar-refractivity contribution in [1.29, 1.82) is 0 Å². The van der Waals surface area contributed by atoms with E-state index in [0.717, 1.165) is 0 Å². The topological polar surface area (TPSA) is 165 Å². The third-order valence-electron chi connectivity index (χ3n) is 7.57. The average molecular weight is 604 g/mol. The Bertz CT molecular complexity index is 1530. The molecule has 0 radical (unpaired) electrons. The Morgan fingerprint density at radius 2 is 1.68 bits per heavy atom. The molecule has 2 aliphatic rings. The minimum Gasteiger partial charge on any atom is -0.511 e. The number of hydrogen-bond acceptors (Lipinski definition) is 9. The van der Waals surface area contributed by atoms with Crippen molar-refractivity contribution in [3.05, 3.63) is 68.1 Å². The normalized spacial score (nSPS) is 25.1. The van der Waals surface area contributed by atoms with Crippen molar-refractivity contribution in [3.63, 3.8) is 0 Å². The van der Waals surface area contributed by atoms with E-state index in [9.17, 15) is 34.8 Å². The average Bonchev–Trinajstić information content (AvgIpc) is 2.84. The molecular weight excluding hydrogens is 573 g/mol. The molecule has 2 aromatic carbocycles. The zero-order chi connectivity index (χ0) is 30.5. The van der Waals surface area contributed by atoms with Gasteiger partial charge in [-0.05, 0) is 62.2 Å². The van der Waals surface area contributed by atoms with Crippen molar-refractivity contribution >= 4 is 46.4 Å². The lowest BCUT2D eigenvalue weighted by molar-refractivity contribution is -0.121. The summed E-state index contributed by atoms with van der Waals surface area (Å²) in [6, 6.07) is 5.28. The highest BCUT2D eigenvalue weighted by molar-refractivity contribution is 6.42. The van der Waals surface area contributed by atoms with Gasteiger partial charge in [-0.15, -0.1) is 0 Å². The Labute approximate surface area is 246 Å². The number of rotatable bonds is 4. The van der Waals surface area contributed by atoms with E-state index in [4.69, 9.17) is 28.9 Å². The molecule has 0 saturated heterocycles. The molecule has 0 spiro atoms. The molecule has 12 heteroatoms. The third-order valence-corrected chi connectivity index (χ3v) is 8.31. The number of carbonyl (C=O) groups is 3. The van der Waals surface area contributed by atoms with Crippen molar-refractivity contribution in [2.45, 2.75) is 31.4 Å². The van der Waals surface area contributed by atoms with Gasteiger partial charge in [0.2, 0.25) is 0 Å². The van der Waals surface area contributed by atoms with E-state index in [2.05, 4.69) is 0 Å². The Morgan fingerprint density at radius 3 is 2.24 bits per heavy atom. The second-order valence-corrected chi connectivity index (χ2v) is 11.5. The summed E-state index contributed by atoms with van der Waals surface area (Å²) >= 11 is 12.3. The Balaban J connectivity index is 1.97. The van der Waals surface area contributed by atoms with Gasteiger partial charge < -0.3 is 31.1 Å². The molecule has 0 bridgehead atoms. The number of benzene rings is 2. The molecule has 4 rings (SSSR count). The summed E-state index contributed by atoms with van der Waals surface area (Å²) in [6.45, 7) is 0. The minimum atomic E-state index is -1.38. The van der Waals surface area contributed by atoms with Crippen molar-refractivity contribution in [2.75, 3.05) is 33.1 Å². The molecule has 0 saturated carbocycles. The van der Waals surface area contributed by atoms with Gasteiger partial charge in [0.1, 0.15) is 22.8 Å². The first-order valence-electron chi connectivity index (χ1n) is 12.7. The maximum Gasteiger partial charge on any atom is 0.255 e. The number of ketones is 2. The number of anilines is 1. The molecule has 6 N–H and O–H groups in total. The van der Waals surface area contributed by atoms with Gasteiger partial charge in [-0.25, -0.2) is 0 Å². The van der Waals surface area contributed by atoms with Gasteiger partial charge in [0.25, 0.3) is 5.91 Å². The second-order valence-electron chi connectivity index (χ2n) is 10.7. The highest BCUT2D eigenvalue weighted by atomic mass is 35.5. The van der Waals surface area contributed by atoms with Crippen LogP contribution in [0.25, 0.3) is 11.1 Å². The molecule has 10 nitrogen and oxygen atoms in total. The molecule has 2 aliphatic carbocycles. The first-order valence-corrected chi connectivity index (χ1v) is 13.5. The van der Waals surface area contributed by atoms with Crippen LogP contribution in [0.2, 0.25) is 10.0 Å². The summed E-state index contributed by atoms with van der Waals surface area (Å²) in [5.41, 5.74) is 6.28. The molecule has 218 valence electrons. The molecule has 0 heterocycles. The van der Waals surface area contributed by atoms with Gasteiger partial charge in [0, 0.05) is 30.9 Å². The maximum absolute atomic E-state index is 14.1. The van der Waals surface area contributed by atoms with E-state index in [1.807, 2.05) is 0 Å². The van der Waals surface area contributed by atoms with Crippen LogP contribution in [0, 0.1) is 5.92 Å². The predicted octanol–water partition coefficient (Wildman–Crippen LogP) is 3.55. The monoisotopic (exact) mass is 603 g/mol. The van der Waals surface area contributed by atoms with Crippen LogP contribution in [-0.4, -0.2) is 83.1 Å². The standard InChI is InChI=1S/C29H31Cl2N3O7/c1-33(2)18-10-14(12-5-6-16(30)17(31)8-12)26(38)23-15(18)7-13-9-21(37)25(34(3)4)28(40)24(29(32)41)20(36)11-19(35)22(13)27(23)39/h5-6,8,10,13,21,25,35,37-38,40H,7,9,11H2,1-4H3,(H2,32,41)/b22-19-,28-24-/t13-,21-,25-/m0/s1. The Kier molecular flexibility index (Phi) is 8.42. The van der Waals surface area contributed by atoms with Gasteiger partial charge in [-0.2, -0.15) is 0 Å². The lowest BCUT2D eigenvalue weighted by atomic mass is 9.72. The molecule has 0 aliphatic heterocycles. The van der Waals surface area contributed by atoms with Gasteiger partial charge in [-0.1, -0.05) is 29.3 Å². The van der Waals surface area contributed by atoms with Crippen LogP contribution < -0.4 is 10.6 Å². The molecule has 1 amide bonds. The number of nitrogens with two attached hydrogens (primary N) is 1. The van der Waals surface area contributed by atoms with Crippen molar-refractivity contribution in [1.82, 2.24) is 4.90 Å². The predicted molar refractivity (Wildman–Crippen MR) is 156 cm³/mol. The fourth-order valence-corrected chi connectivity index (χ4v) is 6.05. The summed E-state index contributed by atoms with van der Waals surface area (Å²) in [5, 5.41) is 45.3. The lowest BCUT2D eigenvalue weighted by Crippen LogP contribution is -2.45. The van der Waals surface area contributed by atoms with Crippen LogP contribution in [0.3, 0.4) is 0 Å². The summed E-state index contributed by atoms with van der Waals surface area (Å²) in [4.78, 5) is 42.6. The van der Waals surface area contributed by atoms with Crippen LogP contribution in [0.15, 0.2) is 46.9 Å². The van der Waals surface area contributed by atoms with Crippen LogP contribution in [0.4, 0.5) is 5.69 Å². The number of aromatic hydroxyl groups is 1. The number of Topliss-reactive ketones (excluding diaryl/α,β-unsaturated/α-hetero) is 2. The highest BCUT2D eigenvalue weighted by Crippen LogP contribution is 2.47. The van der Waals surface area contributed by atoms with Gasteiger partial charge in [-0.3, -0.25) is 19.3 Å². The van der Waals surface area contributed by atoms with E-state index in [1.165, 1.54) is 4.90 Å². The number of phenolic OH excluding ortho intramolecular Hbond substituents is 1. The summed E-state index contributed by atoms with van der Waals surface area (Å²) in [5.74, 6) is -5.47. The summed E-state index contributed by atoms with van der Waals surface area (Å²) in [7, 11) is 6.63. The van der Waals surface area contributed by atoms with Crippen LogP contribution in [0.1, 0.15) is 28.8 Å². The number of nitrogens with zero attached hydrogens (tertiary/aromatic N) is 2. The quantitative estimate of drug-likeness (QED) is 0.328. The number of allylic oxidation sites excluding steroid dienone is 2. The minimum absolute atomic E-state index is 0.0632. The number of carbonyl (C=O) groups excluding carboxylic acids is 3. The number of hydrogen-bond donors (Lipinski definition) is 5. The van der Waals surface area contributed by atoms with Crippen LogP contribution in [0.5, 0.6) is 5.75 Å². The van der Waals surface area contributed by atoms with E-state index < -0.39 is 59.0 Å². The number of aliphatic hydroxyl groups is 3. The van der Waals surface area contributed by atoms with Crippen LogP contribution >= 0.6 is 23.2 Å². The highest BCUT2D eigenvalue weighted by Gasteiger charge is 2.42. The zero-order valence-corrected chi connectivity index (χ0v) is 24.4. The van der Waals surface area contributed by atoms with Crippen molar-refractivity contribution < 1.29 is 34.8 Å². The van der Waals surface area contributed by atoms with Crippen molar-refractivity contribution in [3.8, 4) is 16.9 Å². The molecule has 2 aromatic rings. The number of amides is 1. The summed E-state index contributed by atoms with van der Waals surface area (Å²) in [6.07, 6.45) is -2.18. The Morgan fingerprint density at radius 1 is 1.02 bits per heavy atom. The van der Waals surface area contributed by atoms with E-state index >= 15 is 0 Å². The molecule has 0 fully saturated rings. The fourth-order valence-electron chi connectivity index (χ4n) is 5.75. The lowest BCUT2D eigenvalue weighted by Gasteiger charge is -2.36. The number of likely N-dealkylation sites (N-methyl/N-ethyl adjacent to an activating group) is 1. The van der Waals surface area contributed by atoms with Gasteiger partial charge in [0.05, 0.1) is 34.2 Å². The fraction of sp³-hybridized carbons (Fsp3) is 0.345. The largest absolute Gasteiger partial charge is 0.511 e. The Hall–Kier alpha value is -3.57. The maximum atomic E-state index is 14.1. The van der Waals surface area contributed by atoms with Gasteiger partial charge in [0.15, 0.2) is 11.6 Å². The first-order chi connectivity index (χ1) is 19.1. The zero-order valence-electron chi connectivity index (χ0n) is 22.9. The van der Waals surface area contributed by atoms with E-state index in [0.29, 0.717) is 27.4 Å². The first kappa shape index (κ1) is 30.4. The van der Waals surface area contributed by atoms with Crippen molar-refractivity contribution in [2.24, 2.45) is 11.7 Å². The van der Waals surface area contributed by atoms with E-state index in [1.54, 1.807) is 57.4 Å². The van der Waals surface area contributed by atoms with Crippen LogP contribution in [-0.2, 0) is 16.0 Å². The number of aliphatic hydroxyl groups excluding tert-OH is 3. The summed E-state index contributed by atoms with van der Waals surface area (Å²) < 4.78 is 0. The second kappa shape index (κ2) is 11.4. The van der Waals surface area contributed by atoms with Gasteiger partial charge >= 0.3 is 0 Å². The number of fused-ring (bicyclic) bond motifs is 2. The number of primary amides is 1. The molecule has 0 unspecified atom stereocenters. The number of phenols is 1. The SMILES string of the molecule is CN(C)c1cc(-c2ccc(Cl)c(Cl)c2)c(O)c2c1C[C@H]1C[C@H](O)[C@H](N(C)C)/C(O)=C(/C(N)=O)C(=O)C/C(O)=C\1C2=O. The third kappa shape index (κ3) is 5.40.